The lowest BCUT2D eigenvalue weighted by atomic mass is 10.3. The molecular formula is C15H19NO4S. The van der Waals surface area contributed by atoms with Crippen LogP contribution in [0.15, 0.2) is 34.9 Å². The molecule has 0 saturated carbocycles. The number of ether oxygens (including phenoxy) is 1. The number of hydrogen-bond acceptors (Lipinski definition) is 5. The number of thioether (sulfide) groups is 1. The maximum Gasteiger partial charge on any atom is 0.234 e. The number of carbonyl (C=O) groups excluding carboxylic acids is 2. The fraction of sp³-hybridized carbons (Fsp3) is 0.333. The van der Waals surface area contributed by atoms with Crippen molar-refractivity contribution in [3.63, 3.8) is 0 Å². The Morgan fingerprint density at radius 3 is 2.33 bits per heavy atom. The third kappa shape index (κ3) is 5.91. The summed E-state index contributed by atoms with van der Waals surface area (Å²) < 4.78 is 5.31. The van der Waals surface area contributed by atoms with Gasteiger partial charge in [-0.25, -0.2) is 0 Å². The number of amides is 1. The maximum absolute atomic E-state index is 11.8. The lowest BCUT2D eigenvalue weighted by molar-refractivity contribution is -0.114. The molecule has 1 amide bonds. The molecule has 0 spiro atoms. The van der Waals surface area contributed by atoms with Gasteiger partial charge in [0.05, 0.1) is 17.3 Å². The van der Waals surface area contributed by atoms with E-state index in [1.165, 1.54) is 13.8 Å². The number of ketones is 1. The first kappa shape index (κ1) is 17.1. The summed E-state index contributed by atoms with van der Waals surface area (Å²) in [4.78, 5) is 23.3. The second-order valence-electron chi connectivity index (χ2n) is 4.26. The van der Waals surface area contributed by atoms with Gasteiger partial charge in [0.25, 0.3) is 0 Å². The van der Waals surface area contributed by atoms with Gasteiger partial charge in [-0.15, -0.1) is 11.8 Å². The van der Waals surface area contributed by atoms with Crippen LogP contribution < -0.4 is 10.1 Å². The van der Waals surface area contributed by atoms with Crippen molar-refractivity contribution in [2.75, 3.05) is 17.7 Å². The minimum absolute atomic E-state index is 0.0556. The number of Topliss-reactive ketones (excluding diaryl/α,β-unsaturated/α-hetero) is 1. The zero-order chi connectivity index (χ0) is 15.8. The normalized spacial score (nSPS) is 11.6. The molecule has 0 aliphatic rings. The number of benzene rings is 1. The standard InChI is InChI=1S/C15H19NO4S/c1-4-20-13-7-5-12(6-8-13)16-14(19)9-21-15(10(2)17)11(3)18/h5-8,17H,4,9H2,1-3H3,(H,16,19). The molecule has 0 aliphatic carbocycles. The highest BCUT2D eigenvalue weighted by atomic mass is 32.2. The molecule has 0 fully saturated rings. The average molecular weight is 309 g/mol. The Morgan fingerprint density at radius 2 is 1.86 bits per heavy atom. The third-order valence-electron chi connectivity index (χ3n) is 2.45. The van der Waals surface area contributed by atoms with Crippen LogP contribution in [0.3, 0.4) is 0 Å². The molecule has 114 valence electrons. The van der Waals surface area contributed by atoms with Crippen molar-refractivity contribution in [3.05, 3.63) is 34.9 Å². The predicted octanol–water partition coefficient (Wildman–Crippen LogP) is 3.14. The van der Waals surface area contributed by atoms with E-state index in [0.717, 1.165) is 17.5 Å². The number of aliphatic hydroxyl groups excluding tert-OH is 1. The second-order valence-corrected chi connectivity index (χ2v) is 5.25. The Morgan fingerprint density at radius 1 is 1.24 bits per heavy atom. The third-order valence-corrected chi connectivity index (χ3v) is 3.72. The number of nitrogens with one attached hydrogen (secondary N) is 1. The molecule has 0 atom stereocenters. The molecule has 0 saturated heterocycles. The van der Waals surface area contributed by atoms with Crippen molar-refractivity contribution in [1.82, 2.24) is 0 Å². The van der Waals surface area contributed by atoms with E-state index in [-0.39, 0.29) is 28.1 Å². The average Bonchev–Trinajstić information content (AvgIpc) is 2.40. The van der Waals surface area contributed by atoms with Crippen LogP contribution in [0.1, 0.15) is 20.8 Å². The highest BCUT2D eigenvalue weighted by Crippen LogP contribution is 2.20. The summed E-state index contributed by atoms with van der Waals surface area (Å²) in [6.45, 7) is 5.26. The minimum Gasteiger partial charge on any atom is -0.511 e. The van der Waals surface area contributed by atoms with Gasteiger partial charge in [0, 0.05) is 5.69 Å². The molecule has 5 nitrogen and oxygen atoms in total. The predicted molar refractivity (Wildman–Crippen MR) is 84.7 cm³/mol. The molecule has 6 heteroatoms. The smallest absolute Gasteiger partial charge is 0.234 e. The molecule has 0 radical (unpaired) electrons. The molecule has 1 rings (SSSR count). The summed E-state index contributed by atoms with van der Waals surface area (Å²) >= 11 is 1.02. The van der Waals surface area contributed by atoms with Gasteiger partial charge in [0.2, 0.25) is 5.91 Å². The van der Waals surface area contributed by atoms with Crippen LogP contribution >= 0.6 is 11.8 Å². The number of rotatable bonds is 7. The summed E-state index contributed by atoms with van der Waals surface area (Å²) in [6.07, 6.45) is 0. The van der Waals surface area contributed by atoms with Crippen LogP contribution in [-0.2, 0) is 9.59 Å². The number of anilines is 1. The first-order chi connectivity index (χ1) is 9.93. The number of allylic oxidation sites excluding steroid dienone is 2. The van der Waals surface area contributed by atoms with E-state index in [2.05, 4.69) is 5.32 Å². The first-order valence-corrected chi connectivity index (χ1v) is 7.49. The van der Waals surface area contributed by atoms with Gasteiger partial charge in [-0.1, -0.05) is 0 Å². The van der Waals surface area contributed by atoms with Crippen LogP contribution in [0.25, 0.3) is 0 Å². The summed E-state index contributed by atoms with van der Waals surface area (Å²) in [7, 11) is 0. The molecule has 0 heterocycles. The van der Waals surface area contributed by atoms with Gasteiger partial charge in [0.1, 0.15) is 11.5 Å². The SMILES string of the molecule is CCOc1ccc(NC(=O)CSC(C(C)=O)=C(C)O)cc1. The fourth-order valence-corrected chi connectivity index (χ4v) is 2.36. The molecule has 0 aromatic heterocycles. The highest BCUT2D eigenvalue weighted by molar-refractivity contribution is 8.04. The van der Waals surface area contributed by atoms with Crippen molar-refractivity contribution in [2.24, 2.45) is 0 Å². The van der Waals surface area contributed by atoms with Gasteiger partial charge < -0.3 is 15.2 Å². The molecular weight excluding hydrogens is 290 g/mol. The molecule has 0 aliphatic heterocycles. The van der Waals surface area contributed by atoms with Crippen molar-refractivity contribution < 1.29 is 19.4 Å². The Kier molecular flexibility index (Phi) is 6.81. The number of aliphatic hydroxyl groups is 1. The highest BCUT2D eigenvalue weighted by Gasteiger charge is 2.12. The quantitative estimate of drug-likeness (QED) is 0.598. The van der Waals surface area contributed by atoms with E-state index in [1.54, 1.807) is 24.3 Å². The van der Waals surface area contributed by atoms with E-state index in [0.29, 0.717) is 12.3 Å². The van der Waals surface area contributed by atoms with Gasteiger partial charge in [-0.2, -0.15) is 0 Å². The summed E-state index contributed by atoms with van der Waals surface area (Å²) in [6, 6.07) is 7.02. The summed E-state index contributed by atoms with van der Waals surface area (Å²) in [5.74, 6) is 0.224. The maximum atomic E-state index is 11.8. The fourth-order valence-electron chi connectivity index (χ4n) is 1.60. The molecule has 0 unspecified atom stereocenters. The van der Waals surface area contributed by atoms with Gasteiger partial charge in [0.15, 0.2) is 5.78 Å². The topological polar surface area (TPSA) is 75.6 Å². The van der Waals surface area contributed by atoms with E-state index in [9.17, 15) is 14.7 Å². The zero-order valence-corrected chi connectivity index (χ0v) is 13.1. The van der Waals surface area contributed by atoms with Crippen LogP contribution in [0, 0.1) is 0 Å². The van der Waals surface area contributed by atoms with E-state index in [4.69, 9.17) is 4.74 Å². The van der Waals surface area contributed by atoms with E-state index in [1.807, 2.05) is 6.92 Å². The lowest BCUT2D eigenvalue weighted by Crippen LogP contribution is -2.15. The molecule has 2 N–H and O–H groups in total. The van der Waals surface area contributed by atoms with Gasteiger partial charge >= 0.3 is 0 Å². The summed E-state index contributed by atoms with van der Waals surface area (Å²) in [5, 5.41) is 12.1. The van der Waals surface area contributed by atoms with Crippen LogP contribution in [0.5, 0.6) is 5.75 Å². The zero-order valence-electron chi connectivity index (χ0n) is 12.3. The van der Waals surface area contributed by atoms with Crippen molar-refractivity contribution in [1.29, 1.82) is 0 Å². The Bertz CT molecular complexity index is 533. The monoisotopic (exact) mass is 309 g/mol. The molecule has 0 bridgehead atoms. The Labute approximate surface area is 128 Å². The number of carbonyl (C=O) groups is 2. The van der Waals surface area contributed by atoms with Crippen LogP contribution in [0.2, 0.25) is 0 Å². The second kappa shape index (κ2) is 8.36. The first-order valence-electron chi connectivity index (χ1n) is 6.50. The van der Waals surface area contributed by atoms with E-state index >= 15 is 0 Å². The molecule has 1 aromatic rings. The van der Waals surface area contributed by atoms with Gasteiger partial charge in [-0.05, 0) is 45.0 Å². The van der Waals surface area contributed by atoms with Crippen LogP contribution in [0.4, 0.5) is 5.69 Å². The van der Waals surface area contributed by atoms with Crippen molar-refractivity contribution in [3.8, 4) is 5.75 Å². The number of hydrogen-bond donors (Lipinski definition) is 2. The molecule has 1 aromatic carbocycles. The minimum atomic E-state index is -0.256. The van der Waals surface area contributed by atoms with Crippen molar-refractivity contribution in [2.45, 2.75) is 20.8 Å². The Balaban J connectivity index is 2.54. The largest absolute Gasteiger partial charge is 0.511 e. The van der Waals surface area contributed by atoms with Crippen molar-refractivity contribution >= 4 is 29.1 Å². The van der Waals surface area contributed by atoms with Gasteiger partial charge in [-0.3, -0.25) is 9.59 Å². The van der Waals surface area contributed by atoms with Crippen LogP contribution in [-0.4, -0.2) is 29.2 Å². The Hall–Kier alpha value is -1.95. The molecule has 21 heavy (non-hydrogen) atoms. The lowest BCUT2D eigenvalue weighted by Gasteiger charge is -2.08. The summed E-state index contributed by atoms with van der Waals surface area (Å²) in [5.41, 5.74) is 0.651. The van der Waals surface area contributed by atoms with E-state index < -0.39 is 0 Å².